The van der Waals surface area contributed by atoms with Crippen LogP contribution in [0.4, 0.5) is 10.7 Å². The van der Waals surface area contributed by atoms with Gasteiger partial charge in [0.15, 0.2) is 0 Å². The van der Waals surface area contributed by atoms with Crippen molar-refractivity contribution in [3.8, 4) is 0 Å². The number of carboxylic acid groups (broad SMARTS) is 1. The lowest BCUT2D eigenvalue weighted by Crippen LogP contribution is -2.49. The number of hydrogen-bond acceptors (Lipinski definition) is 3. The summed E-state index contributed by atoms with van der Waals surface area (Å²) in [4.78, 5) is 18.6. The molecule has 0 aromatic carbocycles. The minimum absolute atomic E-state index is 0.543. The molecule has 1 aromatic rings. The van der Waals surface area contributed by atoms with Crippen molar-refractivity contribution < 1.29 is 9.90 Å². The third-order valence-electron chi connectivity index (χ3n) is 3.03. The summed E-state index contributed by atoms with van der Waals surface area (Å²) >= 11 is 0. The van der Waals surface area contributed by atoms with Gasteiger partial charge in [-0.2, -0.15) is 0 Å². The number of imidazole rings is 1. The second kappa shape index (κ2) is 4.03. The van der Waals surface area contributed by atoms with Gasteiger partial charge in [-0.25, -0.2) is 9.78 Å². The zero-order chi connectivity index (χ0) is 11.7. The summed E-state index contributed by atoms with van der Waals surface area (Å²) in [5, 5.41) is 8.84. The highest BCUT2D eigenvalue weighted by Crippen LogP contribution is 2.15. The number of piperazine rings is 1. The average molecular weight is 224 g/mol. The molecule has 1 aliphatic heterocycles. The van der Waals surface area contributed by atoms with E-state index in [4.69, 9.17) is 5.11 Å². The van der Waals surface area contributed by atoms with Crippen molar-refractivity contribution in [3.05, 3.63) is 11.9 Å². The van der Waals surface area contributed by atoms with Crippen LogP contribution in [-0.2, 0) is 7.05 Å². The van der Waals surface area contributed by atoms with Crippen molar-refractivity contribution in [2.45, 2.75) is 6.92 Å². The molecule has 0 spiro atoms. The van der Waals surface area contributed by atoms with Gasteiger partial charge in [-0.15, -0.1) is 0 Å². The molecule has 0 saturated carbocycles. The highest BCUT2D eigenvalue weighted by atomic mass is 16.4. The van der Waals surface area contributed by atoms with Gasteiger partial charge in [-0.3, -0.25) is 0 Å². The Morgan fingerprint density at radius 3 is 2.44 bits per heavy atom. The van der Waals surface area contributed by atoms with E-state index in [0.717, 1.165) is 11.6 Å². The SMILES string of the molecule is Cc1cnc(N2CCN(C(=O)O)CC2)n1C. The van der Waals surface area contributed by atoms with E-state index in [2.05, 4.69) is 9.88 Å². The van der Waals surface area contributed by atoms with Gasteiger partial charge in [0, 0.05) is 38.9 Å². The van der Waals surface area contributed by atoms with E-state index < -0.39 is 6.09 Å². The lowest BCUT2D eigenvalue weighted by molar-refractivity contribution is 0.142. The highest BCUT2D eigenvalue weighted by Gasteiger charge is 2.22. The van der Waals surface area contributed by atoms with Crippen molar-refractivity contribution in [1.29, 1.82) is 0 Å². The van der Waals surface area contributed by atoms with E-state index in [1.807, 2.05) is 24.7 Å². The second-order valence-electron chi connectivity index (χ2n) is 4.02. The average Bonchev–Trinajstić information content (AvgIpc) is 2.60. The second-order valence-corrected chi connectivity index (χ2v) is 4.02. The first-order valence-electron chi connectivity index (χ1n) is 5.30. The Kier molecular flexibility index (Phi) is 2.72. The summed E-state index contributed by atoms with van der Waals surface area (Å²) in [6, 6.07) is 0. The Hall–Kier alpha value is -1.72. The lowest BCUT2D eigenvalue weighted by Gasteiger charge is -2.33. The summed E-state index contributed by atoms with van der Waals surface area (Å²) in [5.41, 5.74) is 1.11. The predicted octanol–water partition coefficient (Wildman–Crippen LogP) is 0.529. The molecule has 1 aliphatic rings. The maximum absolute atomic E-state index is 10.8. The Bertz CT molecular complexity index is 394. The van der Waals surface area contributed by atoms with Crippen LogP contribution in [-0.4, -0.2) is 51.8 Å². The molecule has 0 bridgehead atoms. The summed E-state index contributed by atoms with van der Waals surface area (Å²) in [7, 11) is 1.97. The van der Waals surface area contributed by atoms with Crippen LogP contribution in [0.15, 0.2) is 6.20 Å². The van der Waals surface area contributed by atoms with Gasteiger partial charge >= 0.3 is 6.09 Å². The van der Waals surface area contributed by atoms with E-state index in [1.54, 1.807) is 0 Å². The zero-order valence-corrected chi connectivity index (χ0v) is 9.55. The first-order valence-corrected chi connectivity index (χ1v) is 5.30. The normalized spacial score (nSPS) is 16.6. The first-order chi connectivity index (χ1) is 7.59. The molecule has 2 rings (SSSR count). The van der Waals surface area contributed by atoms with Crippen LogP contribution in [0.1, 0.15) is 5.69 Å². The highest BCUT2D eigenvalue weighted by molar-refractivity contribution is 5.65. The molecule has 2 heterocycles. The largest absolute Gasteiger partial charge is 0.465 e. The van der Waals surface area contributed by atoms with Crippen LogP contribution in [0.2, 0.25) is 0 Å². The molecule has 0 unspecified atom stereocenters. The van der Waals surface area contributed by atoms with Crippen molar-refractivity contribution >= 4 is 12.0 Å². The number of aromatic nitrogens is 2. The minimum Gasteiger partial charge on any atom is -0.465 e. The fourth-order valence-electron chi connectivity index (χ4n) is 1.87. The molecule has 0 radical (unpaired) electrons. The molecular weight excluding hydrogens is 208 g/mol. The fourth-order valence-corrected chi connectivity index (χ4v) is 1.87. The Labute approximate surface area is 94.1 Å². The predicted molar refractivity (Wildman–Crippen MR) is 59.8 cm³/mol. The van der Waals surface area contributed by atoms with Crippen LogP contribution in [0.3, 0.4) is 0 Å². The van der Waals surface area contributed by atoms with E-state index in [-0.39, 0.29) is 0 Å². The van der Waals surface area contributed by atoms with E-state index >= 15 is 0 Å². The Morgan fingerprint density at radius 2 is 2.00 bits per heavy atom. The smallest absolute Gasteiger partial charge is 0.407 e. The van der Waals surface area contributed by atoms with Crippen LogP contribution in [0.25, 0.3) is 0 Å². The number of amides is 1. The topological polar surface area (TPSA) is 61.6 Å². The van der Waals surface area contributed by atoms with E-state index in [1.165, 1.54) is 4.90 Å². The first kappa shape index (κ1) is 10.8. The van der Waals surface area contributed by atoms with Crippen molar-refractivity contribution in [2.24, 2.45) is 7.05 Å². The molecule has 1 saturated heterocycles. The van der Waals surface area contributed by atoms with Gasteiger partial charge in [-0.1, -0.05) is 0 Å². The molecule has 16 heavy (non-hydrogen) atoms. The van der Waals surface area contributed by atoms with E-state index in [0.29, 0.717) is 26.2 Å². The van der Waals surface area contributed by atoms with Crippen molar-refractivity contribution in [2.75, 3.05) is 31.1 Å². The molecule has 1 amide bonds. The van der Waals surface area contributed by atoms with Crippen LogP contribution >= 0.6 is 0 Å². The number of nitrogens with zero attached hydrogens (tertiary/aromatic N) is 4. The number of aryl methyl sites for hydroxylation is 1. The standard InChI is InChI=1S/C10H16N4O2/c1-8-7-11-9(12(8)2)13-3-5-14(6-4-13)10(15)16/h7H,3-6H2,1-2H3,(H,15,16). The third kappa shape index (κ3) is 1.82. The Balaban J connectivity index is 2.04. The summed E-state index contributed by atoms with van der Waals surface area (Å²) in [5.74, 6) is 0.919. The molecular formula is C10H16N4O2. The monoisotopic (exact) mass is 224 g/mol. The molecule has 1 aromatic heterocycles. The molecule has 88 valence electrons. The van der Waals surface area contributed by atoms with Crippen LogP contribution < -0.4 is 4.90 Å². The third-order valence-corrected chi connectivity index (χ3v) is 3.03. The van der Waals surface area contributed by atoms with Crippen LogP contribution in [0, 0.1) is 6.92 Å². The number of anilines is 1. The molecule has 1 fully saturated rings. The van der Waals surface area contributed by atoms with Gasteiger partial charge < -0.3 is 19.5 Å². The molecule has 6 heteroatoms. The maximum atomic E-state index is 10.8. The fraction of sp³-hybridized carbons (Fsp3) is 0.600. The van der Waals surface area contributed by atoms with E-state index in [9.17, 15) is 4.79 Å². The number of rotatable bonds is 1. The maximum Gasteiger partial charge on any atom is 0.407 e. The number of carbonyl (C=O) groups is 1. The summed E-state index contributed by atoms with van der Waals surface area (Å²) in [6.07, 6.45) is 0.995. The molecule has 0 aliphatic carbocycles. The quantitative estimate of drug-likeness (QED) is 0.755. The van der Waals surface area contributed by atoms with Crippen molar-refractivity contribution in [3.63, 3.8) is 0 Å². The van der Waals surface area contributed by atoms with Crippen LogP contribution in [0.5, 0.6) is 0 Å². The number of hydrogen-bond donors (Lipinski definition) is 1. The molecule has 6 nitrogen and oxygen atoms in total. The zero-order valence-electron chi connectivity index (χ0n) is 9.55. The molecule has 0 atom stereocenters. The van der Waals surface area contributed by atoms with Gasteiger partial charge in [0.05, 0.1) is 6.20 Å². The lowest BCUT2D eigenvalue weighted by atomic mass is 10.3. The van der Waals surface area contributed by atoms with Gasteiger partial charge in [0.2, 0.25) is 5.95 Å². The summed E-state index contributed by atoms with van der Waals surface area (Å²) < 4.78 is 2.02. The van der Waals surface area contributed by atoms with Gasteiger partial charge in [-0.05, 0) is 6.92 Å². The van der Waals surface area contributed by atoms with Crippen molar-refractivity contribution in [1.82, 2.24) is 14.5 Å². The Morgan fingerprint density at radius 1 is 1.38 bits per heavy atom. The summed E-state index contributed by atoms with van der Waals surface area (Å²) in [6.45, 7) is 4.50. The minimum atomic E-state index is -0.837. The van der Waals surface area contributed by atoms with Gasteiger partial charge in [0.25, 0.3) is 0 Å². The van der Waals surface area contributed by atoms with Gasteiger partial charge in [0.1, 0.15) is 0 Å². The molecule has 1 N–H and O–H groups in total.